The number of piperidine rings is 1. The molecular weight excluding hydrogens is 307 g/mol. The Morgan fingerprint density at radius 3 is 2.58 bits per heavy atom. The van der Waals surface area contributed by atoms with Gasteiger partial charge in [-0.25, -0.2) is 13.1 Å². The molecule has 1 heterocycles. The van der Waals surface area contributed by atoms with Gasteiger partial charge in [-0.15, -0.1) is 0 Å². The molecule has 1 saturated heterocycles. The summed E-state index contributed by atoms with van der Waals surface area (Å²) in [6.45, 7) is 1.60. The third-order valence-corrected chi connectivity index (χ3v) is 5.11. The molecule has 0 saturated carbocycles. The summed E-state index contributed by atoms with van der Waals surface area (Å²) in [4.78, 5) is 0. The van der Waals surface area contributed by atoms with E-state index in [0.29, 0.717) is 22.2 Å². The fraction of sp³-hybridized carbons (Fsp3) is 0.500. The van der Waals surface area contributed by atoms with Gasteiger partial charge in [0.2, 0.25) is 10.0 Å². The Bertz CT molecular complexity index is 522. The predicted octanol–water partition coefficient (Wildman–Crippen LogP) is 2.16. The molecule has 1 atom stereocenters. The first kappa shape index (κ1) is 15.1. The molecule has 0 aromatic heterocycles. The van der Waals surface area contributed by atoms with Crippen LogP contribution in [0, 0.1) is 0 Å². The average molecular weight is 323 g/mol. The highest BCUT2D eigenvalue weighted by Gasteiger charge is 2.22. The molecule has 1 aliphatic rings. The van der Waals surface area contributed by atoms with Gasteiger partial charge in [-0.1, -0.05) is 29.3 Å². The van der Waals surface area contributed by atoms with Gasteiger partial charge in [0.1, 0.15) is 0 Å². The molecule has 0 amide bonds. The lowest BCUT2D eigenvalue weighted by Gasteiger charge is -2.23. The molecule has 1 fully saturated rings. The predicted molar refractivity (Wildman–Crippen MR) is 78.1 cm³/mol. The fourth-order valence-corrected chi connectivity index (χ4v) is 4.28. The van der Waals surface area contributed by atoms with Crippen LogP contribution in [0.1, 0.15) is 18.4 Å². The Kier molecular flexibility index (Phi) is 5.09. The van der Waals surface area contributed by atoms with E-state index in [-0.39, 0.29) is 11.8 Å². The van der Waals surface area contributed by atoms with Crippen molar-refractivity contribution in [3.63, 3.8) is 0 Å². The zero-order valence-corrected chi connectivity index (χ0v) is 12.7. The Morgan fingerprint density at radius 2 is 2.00 bits per heavy atom. The van der Waals surface area contributed by atoms with Gasteiger partial charge in [0, 0.05) is 28.2 Å². The van der Waals surface area contributed by atoms with Crippen LogP contribution in [-0.2, 0) is 15.8 Å². The number of hydrogen-bond donors (Lipinski definition) is 2. The van der Waals surface area contributed by atoms with Crippen molar-refractivity contribution in [2.24, 2.45) is 0 Å². The number of halogens is 2. The summed E-state index contributed by atoms with van der Waals surface area (Å²) in [5.74, 6) is -0.192. The SMILES string of the molecule is O=S(=O)(Cc1c(Cl)cccc1Cl)N[C@H]1CCCNC1. The minimum Gasteiger partial charge on any atom is -0.315 e. The van der Waals surface area contributed by atoms with Crippen LogP contribution in [0.25, 0.3) is 0 Å². The number of sulfonamides is 1. The van der Waals surface area contributed by atoms with Crippen LogP contribution in [0.3, 0.4) is 0 Å². The molecule has 0 bridgehead atoms. The Morgan fingerprint density at radius 1 is 1.32 bits per heavy atom. The lowest BCUT2D eigenvalue weighted by atomic mass is 10.1. The second-order valence-electron chi connectivity index (χ2n) is 4.62. The maximum atomic E-state index is 12.1. The topological polar surface area (TPSA) is 58.2 Å². The van der Waals surface area contributed by atoms with E-state index in [4.69, 9.17) is 23.2 Å². The molecule has 106 valence electrons. The van der Waals surface area contributed by atoms with Crippen LogP contribution >= 0.6 is 23.2 Å². The van der Waals surface area contributed by atoms with Crippen molar-refractivity contribution in [3.8, 4) is 0 Å². The van der Waals surface area contributed by atoms with Gasteiger partial charge in [0.15, 0.2) is 0 Å². The van der Waals surface area contributed by atoms with Gasteiger partial charge in [0.05, 0.1) is 5.75 Å². The first-order valence-electron chi connectivity index (χ1n) is 6.11. The van der Waals surface area contributed by atoms with Crippen molar-refractivity contribution in [2.75, 3.05) is 13.1 Å². The number of hydrogen-bond acceptors (Lipinski definition) is 3. The van der Waals surface area contributed by atoms with Crippen molar-refractivity contribution >= 4 is 33.2 Å². The molecule has 0 unspecified atom stereocenters. The van der Waals surface area contributed by atoms with E-state index >= 15 is 0 Å². The number of rotatable bonds is 4. The Hall–Kier alpha value is -0.330. The van der Waals surface area contributed by atoms with Crippen molar-refractivity contribution in [2.45, 2.75) is 24.6 Å². The highest BCUT2D eigenvalue weighted by molar-refractivity contribution is 7.88. The fourth-order valence-electron chi connectivity index (χ4n) is 2.11. The molecule has 4 nitrogen and oxygen atoms in total. The molecule has 1 aromatic carbocycles. The van der Waals surface area contributed by atoms with Crippen molar-refractivity contribution in [3.05, 3.63) is 33.8 Å². The second-order valence-corrected chi connectivity index (χ2v) is 7.19. The van der Waals surface area contributed by atoms with Crippen molar-refractivity contribution in [1.82, 2.24) is 10.0 Å². The van der Waals surface area contributed by atoms with E-state index in [0.717, 1.165) is 19.4 Å². The molecule has 2 N–H and O–H groups in total. The van der Waals surface area contributed by atoms with Gasteiger partial charge in [-0.2, -0.15) is 0 Å². The third-order valence-electron chi connectivity index (χ3n) is 3.04. The van der Waals surface area contributed by atoms with Gasteiger partial charge >= 0.3 is 0 Å². The maximum absolute atomic E-state index is 12.1. The summed E-state index contributed by atoms with van der Waals surface area (Å²) in [6, 6.07) is 4.92. The van der Waals surface area contributed by atoms with Gasteiger partial charge < -0.3 is 5.32 Å². The molecule has 1 aliphatic heterocycles. The van der Waals surface area contributed by atoms with E-state index in [1.165, 1.54) is 0 Å². The molecule has 0 spiro atoms. The van der Waals surface area contributed by atoms with Crippen LogP contribution in [0.15, 0.2) is 18.2 Å². The van der Waals surface area contributed by atoms with E-state index in [1.807, 2.05) is 0 Å². The van der Waals surface area contributed by atoms with Crippen LogP contribution in [0.2, 0.25) is 10.0 Å². The molecule has 19 heavy (non-hydrogen) atoms. The summed E-state index contributed by atoms with van der Waals surface area (Å²) >= 11 is 12.0. The molecule has 7 heteroatoms. The second kappa shape index (κ2) is 6.41. The minimum absolute atomic E-state index is 0.0555. The highest BCUT2D eigenvalue weighted by Crippen LogP contribution is 2.26. The highest BCUT2D eigenvalue weighted by atomic mass is 35.5. The largest absolute Gasteiger partial charge is 0.315 e. The Balaban J connectivity index is 2.08. The summed E-state index contributed by atoms with van der Waals surface area (Å²) in [5.41, 5.74) is 0.446. The minimum atomic E-state index is -3.44. The molecule has 1 aromatic rings. The van der Waals surface area contributed by atoms with E-state index in [2.05, 4.69) is 10.0 Å². The molecular formula is C12H16Cl2N2O2S. The first-order chi connectivity index (χ1) is 8.98. The van der Waals surface area contributed by atoms with Crippen LogP contribution < -0.4 is 10.0 Å². The molecule has 0 radical (unpaired) electrons. The van der Waals surface area contributed by atoms with Gasteiger partial charge in [0.25, 0.3) is 0 Å². The maximum Gasteiger partial charge on any atom is 0.216 e. The molecule has 2 rings (SSSR count). The number of nitrogens with one attached hydrogen (secondary N) is 2. The van der Waals surface area contributed by atoms with Crippen molar-refractivity contribution in [1.29, 1.82) is 0 Å². The van der Waals surface area contributed by atoms with E-state index in [9.17, 15) is 8.42 Å². The van der Waals surface area contributed by atoms with Crippen LogP contribution in [-0.4, -0.2) is 27.5 Å². The standard InChI is InChI=1S/C12H16Cl2N2O2S/c13-11-4-1-5-12(14)10(11)8-19(17,18)16-9-3-2-6-15-7-9/h1,4-5,9,15-16H,2-3,6-8H2/t9-/m0/s1. The Labute approximate surface area is 123 Å². The normalized spacial score (nSPS) is 20.4. The zero-order valence-electron chi connectivity index (χ0n) is 10.3. The lowest BCUT2D eigenvalue weighted by molar-refractivity contribution is 0.428. The van der Waals surface area contributed by atoms with Crippen LogP contribution in [0.4, 0.5) is 0 Å². The summed E-state index contributed by atoms with van der Waals surface area (Å²) in [7, 11) is -3.44. The van der Waals surface area contributed by atoms with E-state index in [1.54, 1.807) is 18.2 Å². The van der Waals surface area contributed by atoms with Gasteiger partial charge in [-0.05, 0) is 31.5 Å². The molecule has 0 aliphatic carbocycles. The third kappa shape index (κ3) is 4.33. The summed E-state index contributed by atoms with van der Waals surface area (Å²) < 4.78 is 26.9. The lowest BCUT2D eigenvalue weighted by Crippen LogP contribution is -2.45. The quantitative estimate of drug-likeness (QED) is 0.893. The van der Waals surface area contributed by atoms with Crippen molar-refractivity contribution < 1.29 is 8.42 Å². The number of benzene rings is 1. The first-order valence-corrected chi connectivity index (χ1v) is 8.52. The smallest absolute Gasteiger partial charge is 0.216 e. The average Bonchev–Trinajstić information content (AvgIpc) is 2.35. The van der Waals surface area contributed by atoms with E-state index < -0.39 is 10.0 Å². The van der Waals surface area contributed by atoms with Crippen LogP contribution in [0.5, 0.6) is 0 Å². The monoisotopic (exact) mass is 322 g/mol. The summed E-state index contributed by atoms with van der Waals surface area (Å²) in [5, 5.41) is 3.91. The summed E-state index contributed by atoms with van der Waals surface area (Å²) in [6.07, 6.45) is 1.82. The zero-order chi connectivity index (χ0) is 13.9. The van der Waals surface area contributed by atoms with Gasteiger partial charge in [-0.3, -0.25) is 0 Å².